The van der Waals surface area contributed by atoms with Crippen molar-refractivity contribution in [3.8, 4) is 11.1 Å². The molecule has 33 heavy (non-hydrogen) atoms. The molecule has 0 saturated heterocycles. The molecule has 1 N–H and O–H groups in total. The van der Waals surface area contributed by atoms with E-state index < -0.39 is 0 Å². The molecular weight excluding hydrogens is 418 g/mol. The van der Waals surface area contributed by atoms with Gasteiger partial charge in [0.25, 0.3) is 0 Å². The van der Waals surface area contributed by atoms with Crippen LogP contribution in [0, 0.1) is 6.92 Å². The molecule has 0 aliphatic heterocycles. The normalized spacial score (nSPS) is 12.8. The summed E-state index contributed by atoms with van der Waals surface area (Å²) in [6, 6.07) is 21.9. The summed E-state index contributed by atoms with van der Waals surface area (Å²) in [6.45, 7) is 8.50. The number of allylic oxidation sites excluding steroid dienone is 6. The van der Waals surface area contributed by atoms with Crippen LogP contribution in [0.15, 0.2) is 97.6 Å². The van der Waals surface area contributed by atoms with Crippen LogP contribution in [0.3, 0.4) is 0 Å². The molecule has 1 aromatic heterocycles. The van der Waals surface area contributed by atoms with E-state index >= 15 is 0 Å². The average molecular weight is 446 g/mol. The predicted molar refractivity (Wildman–Crippen MR) is 147 cm³/mol. The van der Waals surface area contributed by atoms with Gasteiger partial charge >= 0.3 is 0 Å². The van der Waals surface area contributed by atoms with Crippen molar-refractivity contribution in [3.63, 3.8) is 0 Å². The van der Waals surface area contributed by atoms with Gasteiger partial charge in [-0.25, -0.2) is 0 Å². The Balaban J connectivity index is 1.57. The fraction of sp³-hybridized carbons (Fsp3) is 0.0968. The van der Waals surface area contributed by atoms with Gasteiger partial charge in [-0.1, -0.05) is 61.2 Å². The number of aryl methyl sites for hydroxylation is 1. The van der Waals surface area contributed by atoms with Gasteiger partial charge in [-0.3, -0.25) is 0 Å². The lowest BCUT2D eigenvalue weighted by Crippen LogP contribution is -1.96. The van der Waals surface area contributed by atoms with Crippen LogP contribution < -0.4 is 5.32 Å². The Kier molecular flexibility index (Phi) is 5.85. The van der Waals surface area contributed by atoms with Gasteiger partial charge in [-0.2, -0.15) is 0 Å². The number of rotatable bonds is 6. The lowest BCUT2D eigenvalue weighted by Gasteiger charge is -2.15. The molecule has 0 unspecified atom stereocenters. The van der Waals surface area contributed by atoms with Crippen molar-refractivity contribution in [2.24, 2.45) is 0 Å². The molecule has 3 aromatic carbocycles. The monoisotopic (exact) mass is 445 g/mol. The van der Waals surface area contributed by atoms with Gasteiger partial charge in [0.1, 0.15) is 0 Å². The summed E-state index contributed by atoms with van der Waals surface area (Å²) in [5.74, 6) is 0. The van der Waals surface area contributed by atoms with Crippen LogP contribution in [0.1, 0.15) is 28.5 Å². The summed E-state index contributed by atoms with van der Waals surface area (Å²) in [7, 11) is 0. The Morgan fingerprint density at radius 3 is 2.70 bits per heavy atom. The molecule has 1 aliphatic carbocycles. The van der Waals surface area contributed by atoms with E-state index in [0.29, 0.717) is 0 Å². The zero-order valence-corrected chi connectivity index (χ0v) is 19.9. The van der Waals surface area contributed by atoms with E-state index in [9.17, 15) is 0 Å². The molecule has 0 amide bonds. The van der Waals surface area contributed by atoms with Crippen molar-refractivity contribution < 1.29 is 0 Å². The summed E-state index contributed by atoms with van der Waals surface area (Å²) in [5.41, 5.74) is 9.36. The number of anilines is 2. The molecule has 0 bridgehead atoms. The first-order chi connectivity index (χ1) is 16.1. The predicted octanol–water partition coefficient (Wildman–Crippen LogP) is 9.34. The second-order valence-electron chi connectivity index (χ2n) is 8.43. The highest BCUT2D eigenvalue weighted by molar-refractivity contribution is 7.20. The lowest BCUT2D eigenvalue weighted by molar-refractivity contribution is 1.37. The number of hydrogen-bond donors (Lipinski definition) is 1. The van der Waals surface area contributed by atoms with Gasteiger partial charge in [0.2, 0.25) is 0 Å². The van der Waals surface area contributed by atoms with E-state index in [0.717, 1.165) is 28.9 Å². The van der Waals surface area contributed by atoms with Gasteiger partial charge in [-0.05, 0) is 96.0 Å². The maximum Gasteiger partial charge on any atom is 0.0464 e. The number of benzene rings is 3. The highest BCUT2D eigenvalue weighted by Gasteiger charge is 2.15. The molecule has 0 spiro atoms. The standard InChI is InChI=1S/C31H27NS/c1-4-5-6-10-22(3)27-19-23(14-16-29(27)32-25-11-7-9-21(2)18-25)24-15-17-31-28(20-24)26-12-8-13-30(26)33-31/h4-11,13-20,32H,3,12H2,1-2H3/b5-4-,10-6-. The highest BCUT2D eigenvalue weighted by atomic mass is 32.1. The molecule has 0 atom stereocenters. The number of hydrogen-bond acceptors (Lipinski definition) is 2. The minimum absolute atomic E-state index is 0.979. The zero-order chi connectivity index (χ0) is 22.8. The molecule has 162 valence electrons. The first-order valence-electron chi connectivity index (χ1n) is 11.3. The van der Waals surface area contributed by atoms with Crippen molar-refractivity contribution in [1.29, 1.82) is 0 Å². The third-order valence-corrected chi connectivity index (χ3v) is 7.19. The van der Waals surface area contributed by atoms with Crippen LogP contribution >= 0.6 is 11.3 Å². The third-order valence-electron chi connectivity index (χ3n) is 6.01. The summed E-state index contributed by atoms with van der Waals surface area (Å²) in [6.07, 6.45) is 13.7. The molecule has 1 aliphatic rings. The molecule has 2 heteroatoms. The first-order valence-corrected chi connectivity index (χ1v) is 12.1. The molecule has 4 aromatic rings. The second-order valence-corrected chi connectivity index (χ2v) is 9.51. The number of fused-ring (bicyclic) bond motifs is 3. The summed E-state index contributed by atoms with van der Waals surface area (Å²) in [4.78, 5) is 1.41. The van der Waals surface area contributed by atoms with Gasteiger partial charge in [-0.15, -0.1) is 11.3 Å². The van der Waals surface area contributed by atoms with Gasteiger partial charge in [0.15, 0.2) is 0 Å². The Hall–Kier alpha value is -3.62. The average Bonchev–Trinajstić information content (AvgIpc) is 3.41. The van der Waals surface area contributed by atoms with Gasteiger partial charge in [0.05, 0.1) is 0 Å². The summed E-state index contributed by atoms with van der Waals surface area (Å²) >= 11 is 1.89. The van der Waals surface area contributed by atoms with Crippen molar-refractivity contribution in [1.82, 2.24) is 0 Å². The van der Waals surface area contributed by atoms with E-state index in [1.165, 1.54) is 37.2 Å². The molecule has 0 fully saturated rings. The maximum absolute atomic E-state index is 4.37. The smallest absolute Gasteiger partial charge is 0.0464 e. The molecule has 5 rings (SSSR count). The van der Waals surface area contributed by atoms with Crippen molar-refractivity contribution in [2.45, 2.75) is 20.3 Å². The Morgan fingerprint density at radius 1 is 1.00 bits per heavy atom. The summed E-state index contributed by atoms with van der Waals surface area (Å²) < 4.78 is 1.37. The Morgan fingerprint density at radius 2 is 1.85 bits per heavy atom. The lowest BCUT2D eigenvalue weighted by atomic mass is 9.96. The van der Waals surface area contributed by atoms with E-state index in [2.05, 4.69) is 97.7 Å². The van der Waals surface area contributed by atoms with E-state index in [-0.39, 0.29) is 0 Å². The first kappa shape index (κ1) is 21.2. The highest BCUT2D eigenvalue weighted by Crippen LogP contribution is 2.39. The second kappa shape index (κ2) is 9.09. The fourth-order valence-electron chi connectivity index (χ4n) is 4.33. The van der Waals surface area contributed by atoms with Crippen LogP contribution in [0.2, 0.25) is 0 Å². The maximum atomic E-state index is 4.37. The Bertz CT molecular complexity index is 1450. The van der Waals surface area contributed by atoms with Crippen LogP contribution in [-0.2, 0) is 6.42 Å². The van der Waals surface area contributed by atoms with E-state index in [1.807, 2.05) is 36.5 Å². The molecule has 0 radical (unpaired) electrons. The van der Waals surface area contributed by atoms with Crippen LogP contribution in [-0.4, -0.2) is 0 Å². The summed E-state index contributed by atoms with van der Waals surface area (Å²) in [5, 5.41) is 4.99. The van der Waals surface area contributed by atoms with Crippen LogP contribution in [0.4, 0.5) is 11.4 Å². The molecule has 0 saturated carbocycles. The Labute approximate surface area is 200 Å². The minimum Gasteiger partial charge on any atom is -0.355 e. The number of thiophene rings is 1. The van der Waals surface area contributed by atoms with Crippen LogP contribution in [0.5, 0.6) is 0 Å². The number of nitrogens with one attached hydrogen (secondary N) is 1. The van der Waals surface area contributed by atoms with Crippen LogP contribution in [0.25, 0.3) is 32.9 Å². The zero-order valence-electron chi connectivity index (χ0n) is 19.1. The molecule has 1 heterocycles. The molecular formula is C31H27NS. The van der Waals surface area contributed by atoms with Gasteiger partial charge < -0.3 is 5.32 Å². The van der Waals surface area contributed by atoms with E-state index in [4.69, 9.17) is 0 Å². The SMILES string of the molecule is C=C(/C=C\C=C/C)c1cc(-c2ccc3sc4c(c3c2)CC=C4)ccc1Nc1cccc(C)c1. The largest absolute Gasteiger partial charge is 0.355 e. The minimum atomic E-state index is 0.979. The van der Waals surface area contributed by atoms with Crippen molar-refractivity contribution in [2.75, 3.05) is 5.32 Å². The fourth-order valence-corrected chi connectivity index (χ4v) is 5.47. The quantitative estimate of drug-likeness (QED) is 0.291. The van der Waals surface area contributed by atoms with E-state index in [1.54, 1.807) is 0 Å². The van der Waals surface area contributed by atoms with Crippen molar-refractivity contribution >= 4 is 44.4 Å². The topological polar surface area (TPSA) is 12.0 Å². The van der Waals surface area contributed by atoms with Gasteiger partial charge in [0, 0.05) is 26.5 Å². The third kappa shape index (κ3) is 4.35. The molecule has 1 nitrogen and oxygen atoms in total. The van der Waals surface area contributed by atoms with Crippen molar-refractivity contribution in [3.05, 3.63) is 119 Å².